The highest BCUT2D eigenvalue weighted by atomic mass is 35.5. The molecule has 16 heavy (non-hydrogen) atoms. The molecule has 0 aliphatic heterocycles. The molecule has 2 nitrogen and oxygen atoms in total. The van der Waals surface area contributed by atoms with E-state index in [1.807, 2.05) is 18.2 Å². The lowest BCUT2D eigenvalue weighted by molar-refractivity contribution is 0.249. The summed E-state index contributed by atoms with van der Waals surface area (Å²) in [7, 11) is 0. The quantitative estimate of drug-likeness (QED) is 0.826. The average molecular weight is 242 g/mol. The van der Waals surface area contributed by atoms with Crippen molar-refractivity contribution in [1.29, 1.82) is 0 Å². The molecule has 1 rings (SSSR count). The fourth-order valence-electron chi connectivity index (χ4n) is 1.68. The first kappa shape index (κ1) is 13.3. The molecule has 0 spiro atoms. The van der Waals surface area contributed by atoms with Crippen LogP contribution in [0, 0.1) is 5.92 Å². The van der Waals surface area contributed by atoms with Gasteiger partial charge in [0, 0.05) is 12.1 Å². The summed E-state index contributed by atoms with van der Waals surface area (Å²) < 4.78 is 5.76. The van der Waals surface area contributed by atoms with Crippen molar-refractivity contribution in [1.82, 2.24) is 0 Å². The molecule has 0 fully saturated rings. The van der Waals surface area contributed by atoms with Crippen LogP contribution in [0.5, 0.6) is 5.75 Å². The van der Waals surface area contributed by atoms with Crippen molar-refractivity contribution < 1.29 is 4.74 Å². The molecule has 1 atom stereocenters. The highest BCUT2D eigenvalue weighted by Crippen LogP contribution is 2.28. The third-order valence-electron chi connectivity index (χ3n) is 2.56. The number of rotatable bonds is 6. The summed E-state index contributed by atoms with van der Waals surface area (Å²) in [6, 6.07) is 5.68. The predicted octanol–water partition coefficient (Wildman–Crippen LogP) is 3.61. The second-order valence-corrected chi connectivity index (χ2v) is 4.54. The Balaban J connectivity index is 2.65. The summed E-state index contributed by atoms with van der Waals surface area (Å²) in [6.45, 7) is 5.52. The Morgan fingerprint density at radius 2 is 2.19 bits per heavy atom. The van der Waals surface area contributed by atoms with E-state index >= 15 is 0 Å². The molecule has 90 valence electrons. The highest BCUT2D eigenvalue weighted by molar-refractivity contribution is 6.32. The molecule has 1 unspecified atom stereocenters. The van der Waals surface area contributed by atoms with E-state index in [2.05, 4.69) is 13.8 Å². The maximum absolute atomic E-state index is 6.09. The van der Waals surface area contributed by atoms with E-state index in [9.17, 15) is 0 Å². The van der Waals surface area contributed by atoms with E-state index in [4.69, 9.17) is 22.1 Å². The minimum atomic E-state index is 0.456. The maximum Gasteiger partial charge on any atom is 0.142 e. The number of hydrogen-bond donors (Lipinski definition) is 1. The van der Waals surface area contributed by atoms with Gasteiger partial charge in [-0.25, -0.2) is 0 Å². The molecule has 1 aromatic carbocycles. The zero-order valence-corrected chi connectivity index (χ0v) is 10.8. The summed E-state index contributed by atoms with van der Waals surface area (Å²) in [5.74, 6) is 1.29. The Morgan fingerprint density at radius 3 is 2.81 bits per heavy atom. The summed E-state index contributed by atoms with van der Waals surface area (Å²) in [4.78, 5) is 0. The van der Waals surface area contributed by atoms with Gasteiger partial charge in [0.25, 0.3) is 0 Å². The van der Waals surface area contributed by atoms with E-state index in [-0.39, 0.29) is 0 Å². The minimum Gasteiger partial charge on any atom is -0.491 e. The molecule has 0 aliphatic rings. The molecule has 0 radical (unpaired) electrons. The fourth-order valence-corrected chi connectivity index (χ4v) is 1.93. The van der Waals surface area contributed by atoms with Crippen LogP contribution in [0.1, 0.15) is 32.3 Å². The molecule has 1 aromatic rings. The second kappa shape index (κ2) is 6.77. The molecular formula is C13H20ClNO. The van der Waals surface area contributed by atoms with Crippen LogP contribution in [0.15, 0.2) is 18.2 Å². The van der Waals surface area contributed by atoms with E-state index < -0.39 is 0 Å². The van der Waals surface area contributed by atoms with Crippen molar-refractivity contribution in [3.63, 3.8) is 0 Å². The monoisotopic (exact) mass is 241 g/mol. The lowest BCUT2D eigenvalue weighted by atomic mass is 10.1. The van der Waals surface area contributed by atoms with Crippen molar-refractivity contribution in [2.24, 2.45) is 11.7 Å². The smallest absolute Gasteiger partial charge is 0.142 e. The Hall–Kier alpha value is -0.730. The van der Waals surface area contributed by atoms with Crippen LogP contribution in [0.25, 0.3) is 0 Å². The van der Waals surface area contributed by atoms with Gasteiger partial charge < -0.3 is 10.5 Å². The van der Waals surface area contributed by atoms with E-state index in [1.54, 1.807) is 0 Å². The first-order valence-electron chi connectivity index (χ1n) is 5.79. The SMILES string of the molecule is CCCC(C)COc1c(Cl)cccc1CN. The zero-order chi connectivity index (χ0) is 12.0. The van der Waals surface area contributed by atoms with E-state index in [0.29, 0.717) is 24.1 Å². The summed E-state index contributed by atoms with van der Waals surface area (Å²) in [6.07, 6.45) is 2.35. The molecular weight excluding hydrogens is 222 g/mol. The van der Waals surface area contributed by atoms with Gasteiger partial charge in [-0.1, -0.05) is 44.0 Å². The van der Waals surface area contributed by atoms with Crippen molar-refractivity contribution >= 4 is 11.6 Å². The highest BCUT2D eigenvalue weighted by Gasteiger charge is 2.09. The first-order chi connectivity index (χ1) is 7.69. The van der Waals surface area contributed by atoms with Gasteiger partial charge in [0.2, 0.25) is 0 Å². The van der Waals surface area contributed by atoms with Crippen molar-refractivity contribution in [2.45, 2.75) is 33.2 Å². The van der Waals surface area contributed by atoms with Crippen molar-refractivity contribution in [2.75, 3.05) is 6.61 Å². The number of nitrogens with two attached hydrogens (primary N) is 1. The van der Waals surface area contributed by atoms with Gasteiger partial charge in [0.15, 0.2) is 0 Å². The molecule has 0 saturated carbocycles. The molecule has 0 aromatic heterocycles. The van der Waals surface area contributed by atoms with Gasteiger partial charge in [-0.05, 0) is 18.4 Å². The largest absolute Gasteiger partial charge is 0.491 e. The Bertz CT molecular complexity index is 328. The van der Waals surface area contributed by atoms with E-state index in [0.717, 1.165) is 11.3 Å². The number of benzene rings is 1. The summed E-state index contributed by atoms with van der Waals surface area (Å²) in [5, 5.41) is 0.645. The van der Waals surface area contributed by atoms with Crippen LogP contribution in [0.2, 0.25) is 5.02 Å². The van der Waals surface area contributed by atoms with Crippen LogP contribution in [0.3, 0.4) is 0 Å². The molecule has 0 heterocycles. The van der Waals surface area contributed by atoms with Crippen molar-refractivity contribution in [3.05, 3.63) is 28.8 Å². The first-order valence-corrected chi connectivity index (χ1v) is 6.17. The number of halogens is 1. The van der Waals surface area contributed by atoms with Gasteiger partial charge in [-0.3, -0.25) is 0 Å². The molecule has 0 aliphatic carbocycles. The lowest BCUT2D eigenvalue weighted by Crippen LogP contribution is -2.10. The number of para-hydroxylation sites is 1. The summed E-state index contributed by atoms with van der Waals surface area (Å²) in [5.41, 5.74) is 6.61. The molecule has 0 bridgehead atoms. The Kier molecular flexibility index (Phi) is 5.64. The molecule has 0 saturated heterocycles. The normalized spacial score (nSPS) is 12.5. The third-order valence-corrected chi connectivity index (χ3v) is 2.86. The Morgan fingerprint density at radius 1 is 1.44 bits per heavy atom. The zero-order valence-electron chi connectivity index (χ0n) is 10.0. The summed E-state index contributed by atoms with van der Waals surface area (Å²) >= 11 is 6.09. The predicted molar refractivity (Wildman–Crippen MR) is 68.9 cm³/mol. The van der Waals surface area contributed by atoms with Gasteiger partial charge >= 0.3 is 0 Å². The van der Waals surface area contributed by atoms with Crippen molar-refractivity contribution in [3.8, 4) is 5.75 Å². The van der Waals surface area contributed by atoms with Crippen LogP contribution in [0.4, 0.5) is 0 Å². The lowest BCUT2D eigenvalue weighted by Gasteiger charge is -2.15. The topological polar surface area (TPSA) is 35.2 Å². The second-order valence-electron chi connectivity index (χ2n) is 4.14. The minimum absolute atomic E-state index is 0.456. The average Bonchev–Trinajstić information content (AvgIpc) is 2.27. The van der Waals surface area contributed by atoms with Crippen LogP contribution >= 0.6 is 11.6 Å². The maximum atomic E-state index is 6.09. The fraction of sp³-hybridized carbons (Fsp3) is 0.538. The van der Waals surface area contributed by atoms with Gasteiger partial charge in [-0.15, -0.1) is 0 Å². The molecule has 0 amide bonds. The van der Waals surface area contributed by atoms with E-state index in [1.165, 1.54) is 12.8 Å². The van der Waals surface area contributed by atoms with Crippen LogP contribution in [-0.2, 0) is 6.54 Å². The van der Waals surface area contributed by atoms with Gasteiger partial charge in [-0.2, -0.15) is 0 Å². The van der Waals surface area contributed by atoms with Crippen LogP contribution < -0.4 is 10.5 Å². The standard InChI is InChI=1S/C13H20ClNO/c1-3-5-10(2)9-16-13-11(8-15)6-4-7-12(13)14/h4,6-7,10H,3,5,8-9,15H2,1-2H3. The number of hydrogen-bond acceptors (Lipinski definition) is 2. The molecule has 3 heteroatoms. The Labute approximate surface area is 103 Å². The van der Waals surface area contributed by atoms with Gasteiger partial charge in [0.1, 0.15) is 5.75 Å². The van der Waals surface area contributed by atoms with Crippen LogP contribution in [-0.4, -0.2) is 6.61 Å². The third kappa shape index (κ3) is 3.69. The molecule has 2 N–H and O–H groups in total. The number of ether oxygens (including phenoxy) is 1. The van der Waals surface area contributed by atoms with Gasteiger partial charge in [0.05, 0.1) is 11.6 Å².